The van der Waals surface area contributed by atoms with E-state index in [4.69, 9.17) is 5.73 Å². The van der Waals surface area contributed by atoms with Crippen molar-refractivity contribution in [2.45, 2.75) is 25.6 Å². The summed E-state index contributed by atoms with van der Waals surface area (Å²) in [5, 5.41) is 7.98. The van der Waals surface area contributed by atoms with E-state index in [1.807, 2.05) is 24.0 Å². The smallest absolute Gasteiger partial charge is 0.151 e. The Kier molecular flexibility index (Phi) is 2.81. The van der Waals surface area contributed by atoms with E-state index in [9.17, 15) is 4.39 Å². The van der Waals surface area contributed by atoms with Crippen LogP contribution in [0, 0.1) is 6.92 Å². The molecule has 1 aromatic heterocycles. The van der Waals surface area contributed by atoms with Crippen LogP contribution in [-0.2, 0) is 0 Å². The molecule has 82 valence electrons. The molecule has 1 saturated heterocycles. The fraction of sp³-hybridized carbons (Fsp3) is 0.600. The minimum Gasteiger partial charge on any atom is -0.352 e. The molecule has 0 bridgehead atoms. The second kappa shape index (κ2) is 4.10. The summed E-state index contributed by atoms with van der Waals surface area (Å²) in [6.07, 6.45) is -0.307. The number of anilines is 1. The van der Waals surface area contributed by atoms with Crippen molar-refractivity contribution in [2.75, 3.05) is 18.0 Å². The average molecular weight is 210 g/mol. The Labute approximate surface area is 88.3 Å². The van der Waals surface area contributed by atoms with Gasteiger partial charge in [0.1, 0.15) is 6.17 Å². The molecule has 2 rings (SSSR count). The molecule has 0 aromatic carbocycles. The number of nitrogens with zero attached hydrogens (tertiary/aromatic N) is 3. The fourth-order valence-electron chi connectivity index (χ4n) is 1.69. The molecular formula is C10H15FN4. The zero-order valence-corrected chi connectivity index (χ0v) is 8.73. The molecular weight excluding hydrogens is 195 g/mol. The third-order valence-corrected chi connectivity index (χ3v) is 2.70. The molecule has 1 fully saturated rings. The van der Waals surface area contributed by atoms with Gasteiger partial charge in [-0.25, -0.2) is 4.39 Å². The summed E-state index contributed by atoms with van der Waals surface area (Å²) in [7, 11) is 0. The van der Waals surface area contributed by atoms with Gasteiger partial charge in [0.25, 0.3) is 0 Å². The summed E-state index contributed by atoms with van der Waals surface area (Å²) in [6, 6.07) is 3.41. The predicted molar refractivity (Wildman–Crippen MR) is 56.5 cm³/mol. The number of piperidine rings is 1. The summed E-state index contributed by atoms with van der Waals surface area (Å²) in [6.45, 7) is 2.94. The third kappa shape index (κ3) is 2.23. The van der Waals surface area contributed by atoms with Crippen LogP contribution in [-0.4, -0.2) is 35.5 Å². The SMILES string of the molecule is Cc1ccc(N2CC[C@@H](N)[C@@H](F)C2)nn1. The Morgan fingerprint density at radius 3 is 2.87 bits per heavy atom. The summed E-state index contributed by atoms with van der Waals surface area (Å²) in [5.41, 5.74) is 6.47. The van der Waals surface area contributed by atoms with Crippen molar-refractivity contribution in [2.24, 2.45) is 5.73 Å². The molecule has 0 amide bonds. The lowest BCUT2D eigenvalue weighted by Gasteiger charge is -2.33. The average Bonchev–Trinajstić information content (AvgIpc) is 2.23. The number of nitrogens with two attached hydrogens (primary N) is 1. The highest BCUT2D eigenvalue weighted by atomic mass is 19.1. The highest BCUT2D eigenvalue weighted by molar-refractivity contribution is 5.38. The minimum atomic E-state index is -0.971. The molecule has 0 spiro atoms. The lowest BCUT2D eigenvalue weighted by atomic mass is 10.0. The lowest BCUT2D eigenvalue weighted by Crippen LogP contribution is -2.48. The second-order valence-corrected chi connectivity index (χ2v) is 3.95. The van der Waals surface area contributed by atoms with Crippen molar-refractivity contribution >= 4 is 5.82 Å². The molecule has 0 radical (unpaired) electrons. The van der Waals surface area contributed by atoms with E-state index in [0.29, 0.717) is 13.0 Å². The molecule has 2 atom stereocenters. The third-order valence-electron chi connectivity index (χ3n) is 2.70. The van der Waals surface area contributed by atoms with Crippen LogP contribution in [0.3, 0.4) is 0 Å². The number of halogens is 1. The van der Waals surface area contributed by atoms with Gasteiger partial charge in [-0.2, -0.15) is 5.10 Å². The number of hydrogen-bond acceptors (Lipinski definition) is 4. The predicted octanol–water partition coefficient (Wildman–Crippen LogP) is 0.661. The zero-order chi connectivity index (χ0) is 10.8. The molecule has 5 heteroatoms. The Morgan fingerprint density at radius 2 is 2.27 bits per heavy atom. The summed E-state index contributed by atoms with van der Waals surface area (Å²) in [4.78, 5) is 1.89. The van der Waals surface area contributed by atoms with E-state index in [1.165, 1.54) is 0 Å². The van der Waals surface area contributed by atoms with Gasteiger partial charge in [-0.1, -0.05) is 0 Å². The van der Waals surface area contributed by atoms with Crippen LogP contribution in [0.2, 0.25) is 0 Å². The van der Waals surface area contributed by atoms with Crippen LogP contribution in [0.4, 0.5) is 10.2 Å². The number of aromatic nitrogens is 2. The van der Waals surface area contributed by atoms with Crippen LogP contribution in [0.15, 0.2) is 12.1 Å². The molecule has 1 aliphatic rings. The Balaban J connectivity index is 2.08. The van der Waals surface area contributed by atoms with Crippen molar-refractivity contribution in [3.8, 4) is 0 Å². The van der Waals surface area contributed by atoms with Gasteiger partial charge in [0, 0.05) is 12.6 Å². The Bertz CT molecular complexity index is 327. The highest BCUT2D eigenvalue weighted by Gasteiger charge is 2.26. The van der Waals surface area contributed by atoms with Crippen molar-refractivity contribution in [1.82, 2.24) is 10.2 Å². The quantitative estimate of drug-likeness (QED) is 0.740. The first-order valence-corrected chi connectivity index (χ1v) is 5.12. The maximum absolute atomic E-state index is 13.4. The number of hydrogen-bond donors (Lipinski definition) is 1. The number of rotatable bonds is 1. The van der Waals surface area contributed by atoms with E-state index < -0.39 is 6.17 Å². The first-order valence-electron chi connectivity index (χ1n) is 5.12. The topological polar surface area (TPSA) is 55.0 Å². The second-order valence-electron chi connectivity index (χ2n) is 3.95. The van der Waals surface area contributed by atoms with Crippen LogP contribution < -0.4 is 10.6 Å². The summed E-state index contributed by atoms with van der Waals surface area (Å²) < 4.78 is 13.4. The minimum absolute atomic E-state index is 0.318. The van der Waals surface area contributed by atoms with Gasteiger partial charge in [0.2, 0.25) is 0 Å². The van der Waals surface area contributed by atoms with Crippen molar-refractivity contribution in [3.63, 3.8) is 0 Å². The van der Waals surface area contributed by atoms with E-state index in [0.717, 1.165) is 18.1 Å². The lowest BCUT2D eigenvalue weighted by molar-refractivity contribution is 0.250. The van der Waals surface area contributed by atoms with E-state index in [-0.39, 0.29) is 6.04 Å². The normalized spacial score (nSPS) is 26.7. The molecule has 0 unspecified atom stereocenters. The largest absolute Gasteiger partial charge is 0.352 e. The van der Waals surface area contributed by atoms with Gasteiger partial charge < -0.3 is 10.6 Å². The first-order chi connectivity index (χ1) is 7.16. The highest BCUT2D eigenvalue weighted by Crippen LogP contribution is 2.18. The molecule has 2 heterocycles. The maximum Gasteiger partial charge on any atom is 0.151 e. The van der Waals surface area contributed by atoms with Crippen molar-refractivity contribution in [3.05, 3.63) is 17.8 Å². The first kappa shape index (κ1) is 10.3. The summed E-state index contributed by atoms with van der Waals surface area (Å²) >= 11 is 0. The van der Waals surface area contributed by atoms with Gasteiger partial charge in [0.05, 0.1) is 12.2 Å². The van der Waals surface area contributed by atoms with Gasteiger partial charge in [-0.05, 0) is 25.5 Å². The van der Waals surface area contributed by atoms with Gasteiger partial charge in [-0.15, -0.1) is 5.10 Å². The van der Waals surface area contributed by atoms with Crippen LogP contribution in [0.1, 0.15) is 12.1 Å². The van der Waals surface area contributed by atoms with E-state index in [1.54, 1.807) is 0 Å². The van der Waals surface area contributed by atoms with E-state index in [2.05, 4.69) is 10.2 Å². The molecule has 1 aromatic rings. The van der Waals surface area contributed by atoms with Crippen LogP contribution in [0.5, 0.6) is 0 Å². The fourth-order valence-corrected chi connectivity index (χ4v) is 1.69. The van der Waals surface area contributed by atoms with Gasteiger partial charge in [-0.3, -0.25) is 0 Å². The summed E-state index contributed by atoms with van der Waals surface area (Å²) in [5.74, 6) is 0.732. The number of alkyl halides is 1. The molecule has 2 N–H and O–H groups in total. The van der Waals surface area contributed by atoms with Crippen molar-refractivity contribution in [1.29, 1.82) is 0 Å². The molecule has 0 aliphatic carbocycles. The maximum atomic E-state index is 13.4. The number of aryl methyl sites for hydroxylation is 1. The molecule has 0 saturated carbocycles. The molecule has 4 nitrogen and oxygen atoms in total. The zero-order valence-electron chi connectivity index (χ0n) is 8.73. The van der Waals surface area contributed by atoms with Gasteiger partial charge in [0.15, 0.2) is 5.82 Å². The molecule has 15 heavy (non-hydrogen) atoms. The van der Waals surface area contributed by atoms with Gasteiger partial charge >= 0.3 is 0 Å². The standard InChI is InChI=1S/C10H15FN4/c1-7-2-3-10(14-13-7)15-5-4-9(12)8(11)6-15/h2-3,8-9H,4-6,12H2,1H3/t8-,9+/m0/s1. The van der Waals surface area contributed by atoms with Crippen LogP contribution in [0.25, 0.3) is 0 Å². The molecule has 1 aliphatic heterocycles. The monoisotopic (exact) mass is 210 g/mol. The van der Waals surface area contributed by atoms with Crippen molar-refractivity contribution < 1.29 is 4.39 Å². The Morgan fingerprint density at radius 1 is 1.47 bits per heavy atom. The van der Waals surface area contributed by atoms with Crippen LogP contribution >= 0.6 is 0 Å². The Hall–Kier alpha value is -1.23. The van der Waals surface area contributed by atoms with E-state index >= 15 is 0 Å².